The first kappa shape index (κ1) is 13.5. The molecule has 0 aliphatic carbocycles. The fourth-order valence-electron chi connectivity index (χ4n) is 2.13. The molecular formula is C13H21N5O. The van der Waals surface area contributed by atoms with Gasteiger partial charge in [0.1, 0.15) is 0 Å². The Bertz CT molecular complexity index is 440. The number of hydrogen-bond donors (Lipinski definition) is 2. The van der Waals surface area contributed by atoms with E-state index >= 15 is 0 Å². The van der Waals surface area contributed by atoms with Crippen molar-refractivity contribution >= 4 is 17.5 Å². The Balaban J connectivity index is 1.93. The van der Waals surface area contributed by atoms with Crippen LogP contribution in [0.2, 0.25) is 0 Å². The van der Waals surface area contributed by atoms with Crippen LogP contribution >= 0.6 is 0 Å². The zero-order valence-electron chi connectivity index (χ0n) is 11.5. The predicted octanol–water partition coefficient (Wildman–Crippen LogP) is 0.904. The van der Waals surface area contributed by atoms with Crippen molar-refractivity contribution in [3.8, 4) is 0 Å². The van der Waals surface area contributed by atoms with Crippen LogP contribution in [0.3, 0.4) is 0 Å². The Labute approximate surface area is 113 Å². The number of urea groups is 1. The van der Waals surface area contributed by atoms with E-state index in [4.69, 9.17) is 5.73 Å². The van der Waals surface area contributed by atoms with Gasteiger partial charge in [-0.05, 0) is 26.0 Å². The number of aromatic nitrogens is 1. The summed E-state index contributed by atoms with van der Waals surface area (Å²) in [4.78, 5) is 20.1. The van der Waals surface area contributed by atoms with E-state index < -0.39 is 0 Å². The van der Waals surface area contributed by atoms with Crippen molar-refractivity contribution in [1.82, 2.24) is 15.2 Å². The topological polar surface area (TPSA) is 74.5 Å². The van der Waals surface area contributed by atoms with Crippen molar-refractivity contribution < 1.29 is 4.79 Å². The molecule has 1 aliphatic heterocycles. The lowest BCUT2D eigenvalue weighted by molar-refractivity contribution is 0.192. The van der Waals surface area contributed by atoms with Gasteiger partial charge in [0.2, 0.25) is 0 Å². The van der Waals surface area contributed by atoms with Gasteiger partial charge in [-0.2, -0.15) is 0 Å². The van der Waals surface area contributed by atoms with Crippen LogP contribution in [0.5, 0.6) is 0 Å². The number of nitrogens with one attached hydrogen (secondary N) is 1. The Morgan fingerprint density at radius 2 is 2.05 bits per heavy atom. The third kappa shape index (κ3) is 3.27. The molecule has 3 N–H and O–H groups in total. The summed E-state index contributed by atoms with van der Waals surface area (Å²) in [6.45, 7) is 6.81. The quantitative estimate of drug-likeness (QED) is 0.831. The van der Waals surface area contributed by atoms with Crippen molar-refractivity contribution in [3.05, 3.63) is 18.3 Å². The maximum Gasteiger partial charge on any atom is 0.317 e. The van der Waals surface area contributed by atoms with E-state index in [1.807, 2.05) is 30.9 Å². The predicted molar refractivity (Wildman–Crippen MR) is 76.1 cm³/mol. The molecule has 0 unspecified atom stereocenters. The number of rotatable bonds is 2. The minimum absolute atomic E-state index is 0.00337. The molecule has 1 aliphatic rings. The number of carbonyl (C=O) groups is 1. The van der Waals surface area contributed by atoms with E-state index in [9.17, 15) is 4.79 Å². The highest BCUT2D eigenvalue weighted by Gasteiger charge is 2.22. The van der Waals surface area contributed by atoms with Gasteiger partial charge in [-0.15, -0.1) is 0 Å². The zero-order valence-corrected chi connectivity index (χ0v) is 11.5. The van der Waals surface area contributed by atoms with Crippen LogP contribution in [0.4, 0.5) is 16.3 Å². The average Bonchev–Trinajstić information content (AvgIpc) is 2.39. The summed E-state index contributed by atoms with van der Waals surface area (Å²) in [5.74, 6) is 0.811. The second-order valence-electron chi connectivity index (χ2n) is 4.99. The molecule has 1 saturated heterocycles. The van der Waals surface area contributed by atoms with E-state index in [-0.39, 0.29) is 12.1 Å². The van der Waals surface area contributed by atoms with Crippen LogP contribution in [0.25, 0.3) is 0 Å². The van der Waals surface area contributed by atoms with Crippen LogP contribution < -0.4 is 16.0 Å². The second-order valence-corrected chi connectivity index (χ2v) is 4.99. The SMILES string of the molecule is CC(C)NC(=O)N1CCN(c2ncccc2N)CC1. The second kappa shape index (κ2) is 5.77. The highest BCUT2D eigenvalue weighted by Crippen LogP contribution is 2.20. The van der Waals surface area contributed by atoms with Gasteiger partial charge in [-0.25, -0.2) is 9.78 Å². The maximum absolute atomic E-state index is 11.9. The molecule has 0 saturated carbocycles. The molecule has 2 heterocycles. The molecule has 0 aromatic carbocycles. The molecule has 0 radical (unpaired) electrons. The molecular weight excluding hydrogens is 242 g/mol. The van der Waals surface area contributed by atoms with Crippen LogP contribution in [0, 0.1) is 0 Å². The minimum Gasteiger partial charge on any atom is -0.396 e. The molecule has 19 heavy (non-hydrogen) atoms. The number of nitrogens with zero attached hydrogens (tertiary/aromatic N) is 3. The zero-order chi connectivity index (χ0) is 13.8. The lowest BCUT2D eigenvalue weighted by Gasteiger charge is -2.36. The number of hydrogen-bond acceptors (Lipinski definition) is 4. The highest BCUT2D eigenvalue weighted by molar-refractivity contribution is 5.75. The molecule has 6 heteroatoms. The van der Waals surface area contributed by atoms with E-state index in [1.165, 1.54) is 0 Å². The fourth-order valence-corrected chi connectivity index (χ4v) is 2.13. The Morgan fingerprint density at radius 3 is 2.63 bits per heavy atom. The van der Waals surface area contributed by atoms with Crippen molar-refractivity contribution in [3.63, 3.8) is 0 Å². The molecule has 6 nitrogen and oxygen atoms in total. The molecule has 0 spiro atoms. The van der Waals surface area contributed by atoms with Gasteiger partial charge in [-0.1, -0.05) is 0 Å². The molecule has 104 valence electrons. The lowest BCUT2D eigenvalue weighted by Crippen LogP contribution is -2.53. The van der Waals surface area contributed by atoms with Gasteiger partial charge in [-0.3, -0.25) is 0 Å². The van der Waals surface area contributed by atoms with Crippen LogP contribution in [0.1, 0.15) is 13.8 Å². The average molecular weight is 263 g/mol. The van der Waals surface area contributed by atoms with E-state index in [2.05, 4.69) is 15.2 Å². The number of anilines is 2. The minimum atomic E-state index is 0.00337. The number of carbonyl (C=O) groups excluding carboxylic acids is 1. The summed E-state index contributed by atoms with van der Waals surface area (Å²) < 4.78 is 0. The monoisotopic (exact) mass is 263 g/mol. The summed E-state index contributed by atoms with van der Waals surface area (Å²) in [6.07, 6.45) is 1.74. The summed E-state index contributed by atoms with van der Waals surface area (Å²) in [5, 5.41) is 2.91. The van der Waals surface area contributed by atoms with Gasteiger partial charge in [0.15, 0.2) is 5.82 Å². The van der Waals surface area contributed by atoms with Crippen LogP contribution in [0.15, 0.2) is 18.3 Å². The number of nitrogens with two attached hydrogens (primary N) is 1. The number of nitrogen functional groups attached to an aromatic ring is 1. The Morgan fingerprint density at radius 1 is 1.37 bits per heavy atom. The van der Waals surface area contributed by atoms with Crippen molar-refractivity contribution in [2.45, 2.75) is 19.9 Å². The Hall–Kier alpha value is -1.98. The lowest BCUT2D eigenvalue weighted by atomic mass is 10.3. The van der Waals surface area contributed by atoms with Crippen LogP contribution in [-0.4, -0.2) is 48.1 Å². The van der Waals surface area contributed by atoms with Crippen molar-refractivity contribution in [2.24, 2.45) is 0 Å². The molecule has 1 aromatic heterocycles. The molecule has 2 rings (SSSR count). The van der Waals surface area contributed by atoms with Gasteiger partial charge in [0, 0.05) is 38.4 Å². The summed E-state index contributed by atoms with van der Waals surface area (Å²) in [6, 6.07) is 3.84. The van der Waals surface area contributed by atoms with Crippen molar-refractivity contribution in [1.29, 1.82) is 0 Å². The third-order valence-electron chi connectivity index (χ3n) is 3.10. The number of piperazine rings is 1. The molecule has 1 fully saturated rings. The molecule has 1 aromatic rings. The normalized spacial score (nSPS) is 15.7. The summed E-state index contributed by atoms with van der Waals surface area (Å²) in [7, 11) is 0. The Kier molecular flexibility index (Phi) is 4.09. The fraction of sp³-hybridized carbons (Fsp3) is 0.538. The van der Waals surface area contributed by atoms with E-state index in [1.54, 1.807) is 6.20 Å². The molecule has 0 atom stereocenters. The molecule has 0 bridgehead atoms. The van der Waals surface area contributed by atoms with Gasteiger partial charge in [0.05, 0.1) is 5.69 Å². The van der Waals surface area contributed by atoms with E-state index in [0.29, 0.717) is 18.8 Å². The van der Waals surface area contributed by atoms with Gasteiger partial charge >= 0.3 is 6.03 Å². The number of pyridine rings is 1. The maximum atomic E-state index is 11.9. The number of amides is 2. The summed E-state index contributed by atoms with van der Waals surface area (Å²) in [5.41, 5.74) is 6.60. The summed E-state index contributed by atoms with van der Waals surface area (Å²) >= 11 is 0. The first-order chi connectivity index (χ1) is 9.08. The highest BCUT2D eigenvalue weighted by atomic mass is 16.2. The smallest absolute Gasteiger partial charge is 0.317 e. The van der Waals surface area contributed by atoms with Crippen molar-refractivity contribution in [2.75, 3.05) is 36.8 Å². The standard InChI is InChI=1S/C13H21N5O/c1-10(2)16-13(19)18-8-6-17(7-9-18)12-11(14)4-3-5-15-12/h3-5,10H,6-9,14H2,1-2H3,(H,16,19). The first-order valence-electron chi connectivity index (χ1n) is 6.59. The van der Waals surface area contributed by atoms with Crippen LogP contribution in [-0.2, 0) is 0 Å². The van der Waals surface area contributed by atoms with E-state index in [0.717, 1.165) is 18.9 Å². The third-order valence-corrected chi connectivity index (χ3v) is 3.10. The van der Waals surface area contributed by atoms with Gasteiger partial charge < -0.3 is 20.9 Å². The largest absolute Gasteiger partial charge is 0.396 e. The molecule has 2 amide bonds. The van der Waals surface area contributed by atoms with Gasteiger partial charge in [0.25, 0.3) is 0 Å². The first-order valence-corrected chi connectivity index (χ1v) is 6.59.